The van der Waals surface area contributed by atoms with Gasteiger partial charge in [-0.05, 0) is 62.5 Å². The van der Waals surface area contributed by atoms with Crippen LogP contribution in [0.1, 0.15) is 39.5 Å². The van der Waals surface area contributed by atoms with E-state index in [0.717, 1.165) is 56.1 Å². The molecule has 7 rings (SSSR count). The molecule has 0 aromatic heterocycles. The molecule has 1 atom stereocenters. The van der Waals surface area contributed by atoms with Gasteiger partial charge in [-0.3, -0.25) is 9.80 Å². The Morgan fingerprint density at radius 2 is 1.27 bits per heavy atom. The summed E-state index contributed by atoms with van der Waals surface area (Å²) in [4.78, 5) is 13.6. The molecular weight excluding hydrogens is 500 g/mol. The van der Waals surface area contributed by atoms with Crippen molar-refractivity contribution >= 4 is 44.8 Å². The van der Waals surface area contributed by atoms with Crippen molar-refractivity contribution in [3.63, 3.8) is 0 Å². The molecule has 0 spiro atoms. The van der Waals surface area contributed by atoms with Crippen molar-refractivity contribution in [2.45, 2.75) is 12.5 Å². The minimum absolute atomic E-state index is 0.00265. The van der Waals surface area contributed by atoms with Crippen LogP contribution in [-0.2, 0) is 0 Å². The van der Waals surface area contributed by atoms with E-state index >= 15 is 0 Å². The van der Waals surface area contributed by atoms with Crippen LogP contribution in [0.25, 0.3) is 27.6 Å². The lowest BCUT2D eigenvalue weighted by atomic mass is 9.94. The standard InChI is InChI=1S/C38H28N2O/c41-37(38-33-17-9-7-15-30(33)25-31-16-8-10-18-34(31)38)24-21-27-19-22-32(23-20-27)40-36(29-13-5-2-6-14-29)26-35(39-40)28-11-3-1-4-12-28/h1-25,36H,26H2. The van der Waals surface area contributed by atoms with Crippen LogP contribution >= 0.6 is 0 Å². The van der Waals surface area contributed by atoms with E-state index in [4.69, 9.17) is 5.10 Å². The van der Waals surface area contributed by atoms with Gasteiger partial charge in [-0.15, -0.1) is 0 Å². The Labute approximate surface area is 239 Å². The number of ketones is 1. The van der Waals surface area contributed by atoms with Crippen LogP contribution in [0.15, 0.2) is 151 Å². The van der Waals surface area contributed by atoms with E-state index in [0.29, 0.717) is 0 Å². The Morgan fingerprint density at radius 3 is 1.93 bits per heavy atom. The van der Waals surface area contributed by atoms with Gasteiger partial charge in [0.25, 0.3) is 0 Å². The van der Waals surface area contributed by atoms with E-state index in [-0.39, 0.29) is 11.8 Å². The lowest BCUT2D eigenvalue weighted by Gasteiger charge is -2.24. The van der Waals surface area contributed by atoms with Crippen LogP contribution in [0.3, 0.4) is 0 Å². The van der Waals surface area contributed by atoms with Gasteiger partial charge >= 0.3 is 0 Å². The number of rotatable bonds is 6. The van der Waals surface area contributed by atoms with Gasteiger partial charge in [-0.25, -0.2) is 0 Å². The maximum absolute atomic E-state index is 13.6. The fraction of sp³-hybridized carbons (Fsp3) is 0.0526. The van der Waals surface area contributed by atoms with Gasteiger partial charge in [0.1, 0.15) is 0 Å². The van der Waals surface area contributed by atoms with Crippen molar-refractivity contribution in [2.24, 2.45) is 5.10 Å². The average molecular weight is 529 g/mol. The number of carbonyl (C=O) groups excluding carboxylic acids is 1. The predicted octanol–water partition coefficient (Wildman–Crippen LogP) is 9.24. The molecule has 0 N–H and O–H groups in total. The normalized spacial score (nSPS) is 15.1. The highest BCUT2D eigenvalue weighted by molar-refractivity contribution is 6.23. The summed E-state index contributed by atoms with van der Waals surface area (Å²) < 4.78 is 0. The third-order valence-corrected chi connectivity index (χ3v) is 7.80. The van der Waals surface area contributed by atoms with Crippen LogP contribution in [0.2, 0.25) is 0 Å². The first-order valence-electron chi connectivity index (χ1n) is 13.9. The van der Waals surface area contributed by atoms with Gasteiger partial charge in [0.05, 0.1) is 17.4 Å². The summed E-state index contributed by atoms with van der Waals surface area (Å²) in [6.45, 7) is 0. The molecule has 0 amide bonds. The average Bonchev–Trinajstić information content (AvgIpc) is 3.49. The molecule has 6 aromatic rings. The summed E-state index contributed by atoms with van der Waals surface area (Å²) in [5.74, 6) is 0.00265. The summed E-state index contributed by atoms with van der Waals surface area (Å²) in [6.07, 6.45) is 4.43. The Balaban J connectivity index is 1.19. The van der Waals surface area contributed by atoms with E-state index < -0.39 is 0 Å². The Hall–Kier alpha value is -5.28. The summed E-state index contributed by atoms with van der Waals surface area (Å²) in [5, 5.41) is 11.3. The molecule has 0 aliphatic carbocycles. The number of hydrogen-bond donors (Lipinski definition) is 0. The summed E-state index contributed by atoms with van der Waals surface area (Å²) in [6, 6.07) is 47.7. The highest BCUT2D eigenvalue weighted by Crippen LogP contribution is 2.37. The van der Waals surface area contributed by atoms with E-state index in [9.17, 15) is 4.79 Å². The van der Waals surface area contributed by atoms with Crippen molar-refractivity contribution in [3.05, 3.63) is 168 Å². The summed E-state index contributed by atoms with van der Waals surface area (Å²) in [7, 11) is 0. The van der Waals surface area contributed by atoms with Crippen LogP contribution in [-0.4, -0.2) is 11.5 Å². The van der Waals surface area contributed by atoms with E-state index in [1.54, 1.807) is 6.08 Å². The van der Waals surface area contributed by atoms with Gasteiger partial charge in [0.2, 0.25) is 0 Å². The molecule has 1 aliphatic heterocycles. The Morgan fingerprint density at radius 1 is 0.683 bits per heavy atom. The number of anilines is 1. The molecule has 41 heavy (non-hydrogen) atoms. The second kappa shape index (κ2) is 10.7. The number of carbonyl (C=O) groups is 1. The van der Waals surface area contributed by atoms with E-state index in [1.165, 1.54) is 5.56 Å². The zero-order chi connectivity index (χ0) is 27.6. The number of benzene rings is 6. The molecule has 3 nitrogen and oxygen atoms in total. The number of nitrogens with zero attached hydrogens (tertiary/aromatic N) is 2. The first-order chi connectivity index (χ1) is 20.2. The summed E-state index contributed by atoms with van der Waals surface area (Å²) in [5.41, 5.74) is 6.20. The number of hydrazone groups is 1. The van der Waals surface area contributed by atoms with Gasteiger partial charge in [0.15, 0.2) is 5.78 Å². The van der Waals surface area contributed by atoms with Crippen molar-refractivity contribution in [3.8, 4) is 0 Å². The minimum Gasteiger partial charge on any atom is -0.289 e. The lowest BCUT2D eigenvalue weighted by molar-refractivity contribution is 0.105. The van der Waals surface area contributed by atoms with Crippen LogP contribution in [0, 0.1) is 0 Å². The third-order valence-electron chi connectivity index (χ3n) is 7.80. The molecule has 0 saturated carbocycles. The molecule has 0 saturated heterocycles. The minimum atomic E-state index is 0.00265. The largest absolute Gasteiger partial charge is 0.289 e. The second-order valence-electron chi connectivity index (χ2n) is 10.4. The van der Waals surface area contributed by atoms with Gasteiger partial charge in [0, 0.05) is 12.0 Å². The quantitative estimate of drug-likeness (QED) is 0.123. The van der Waals surface area contributed by atoms with E-state index in [1.807, 2.05) is 54.6 Å². The van der Waals surface area contributed by atoms with Crippen molar-refractivity contribution < 1.29 is 4.79 Å². The molecule has 1 aliphatic rings. The monoisotopic (exact) mass is 528 g/mol. The van der Waals surface area contributed by atoms with Gasteiger partial charge in [-0.1, -0.05) is 127 Å². The lowest BCUT2D eigenvalue weighted by Crippen LogP contribution is -2.18. The zero-order valence-corrected chi connectivity index (χ0v) is 22.5. The van der Waals surface area contributed by atoms with Crippen molar-refractivity contribution in [1.82, 2.24) is 0 Å². The van der Waals surface area contributed by atoms with E-state index in [2.05, 4.69) is 96.0 Å². The third kappa shape index (κ3) is 4.83. The molecule has 3 heteroatoms. The molecule has 196 valence electrons. The SMILES string of the molecule is O=C(C=Cc1ccc(N2N=C(c3ccccc3)CC2c2ccccc2)cc1)c1c2ccccc2cc2ccccc12. The first kappa shape index (κ1) is 24.7. The molecule has 0 fully saturated rings. The maximum atomic E-state index is 13.6. The van der Waals surface area contributed by atoms with Crippen LogP contribution < -0.4 is 5.01 Å². The molecule has 1 heterocycles. The Kier molecular flexibility index (Phi) is 6.46. The predicted molar refractivity (Wildman–Crippen MR) is 171 cm³/mol. The Bertz CT molecular complexity index is 1870. The maximum Gasteiger partial charge on any atom is 0.187 e. The molecule has 1 unspecified atom stereocenters. The van der Waals surface area contributed by atoms with Crippen LogP contribution in [0.5, 0.6) is 0 Å². The van der Waals surface area contributed by atoms with Crippen molar-refractivity contribution in [1.29, 1.82) is 0 Å². The summed E-state index contributed by atoms with van der Waals surface area (Å²) >= 11 is 0. The highest BCUT2D eigenvalue weighted by Gasteiger charge is 2.29. The van der Waals surface area contributed by atoms with Crippen molar-refractivity contribution in [2.75, 3.05) is 5.01 Å². The molecule has 0 bridgehead atoms. The number of fused-ring (bicyclic) bond motifs is 2. The molecule has 6 aromatic carbocycles. The van der Waals surface area contributed by atoms with Gasteiger partial charge in [-0.2, -0.15) is 5.10 Å². The second-order valence-corrected chi connectivity index (χ2v) is 10.4. The first-order valence-corrected chi connectivity index (χ1v) is 13.9. The zero-order valence-electron chi connectivity index (χ0n) is 22.5. The molecular formula is C38H28N2O. The highest BCUT2D eigenvalue weighted by atomic mass is 16.1. The van der Waals surface area contributed by atoms with Gasteiger partial charge < -0.3 is 0 Å². The number of allylic oxidation sites excluding steroid dienone is 1. The fourth-order valence-corrected chi connectivity index (χ4v) is 5.76. The fourth-order valence-electron chi connectivity index (χ4n) is 5.76. The topological polar surface area (TPSA) is 32.7 Å². The van der Waals surface area contributed by atoms with Crippen LogP contribution in [0.4, 0.5) is 5.69 Å². The molecule has 0 radical (unpaired) electrons. The number of hydrogen-bond acceptors (Lipinski definition) is 3. The smallest absolute Gasteiger partial charge is 0.187 e.